The van der Waals surface area contributed by atoms with Crippen molar-refractivity contribution in [2.24, 2.45) is 5.41 Å². The summed E-state index contributed by atoms with van der Waals surface area (Å²) in [5.41, 5.74) is 1.27. The predicted molar refractivity (Wildman–Crippen MR) is 61.9 cm³/mol. The van der Waals surface area contributed by atoms with E-state index in [1.54, 1.807) is 0 Å². The number of rotatable bonds is 0. The third-order valence-corrected chi connectivity index (χ3v) is 2.81. The van der Waals surface area contributed by atoms with Crippen LogP contribution >= 0.6 is 15.9 Å². The fourth-order valence-corrected chi connectivity index (χ4v) is 1.76. The maximum Gasteiger partial charge on any atom is 0.143 e. The highest BCUT2D eigenvalue weighted by Crippen LogP contribution is 2.33. The smallest absolute Gasteiger partial charge is 0.143 e. The molecule has 76 valence electrons. The number of anilines is 1. The first-order valence-electron chi connectivity index (χ1n) is 4.73. The molecule has 0 aliphatic carbocycles. The molecular formula is C11H14BrNO. The lowest BCUT2D eigenvalue weighted by Crippen LogP contribution is -2.27. The van der Waals surface area contributed by atoms with Crippen LogP contribution in [-0.2, 0) is 0 Å². The minimum absolute atomic E-state index is 0.186. The Balaban J connectivity index is 2.30. The average molecular weight is 256 g/mol. The molecule has 0 atom stereocenters. The molecule has 1 aromatic carbocycles. The third-order valence-electron chi connectivity index (χ3n) is 2.32. The third kappa shape index (κ3) is 2.03. The number of benzene rings is 1. The molecular weight excluding hydrogens is 242 g/mol. The lowest BCUT2D eigenvalue weighted by atomic mass is 9.95. The second-order valence-corrected chi connectivity index (χ2v) is 5.36. The van der Waals surface area contributed by atoms with Crippen LogP contribution in [-0.4, -0.2) is 13.2 Å². The lowest BCUT2D eigenvalue weighted by Gasteiger charge is -2.20. The van der Waals surface area contributed by atoms with Gasteiger partial charge in [-0.3, -0.25) is 0 Å². The van der Waals surface area contributed by atoms with E-state index in [1.807, 2.05) is 18.2 Å². The van der Waals surface area contributed by atoms with Crippen molar-refractivity contribution in [3.63, 3.8) is 0 Å². The molecule has 2 nitrogen and oxygen atoms in total. The molecule has 3 heteroatoms. The summed E-state index contributed by atoms with van der Waals surface area (Å²) in [7, 11) is 0. The molecule has 2 rings (SSSR count). The van der Waals surface area contributed by atoms with Crippen LogP contribution in [0.25, 0.3) is 0 Å². The fourth-order valence-electron chi connectivity index (χ4n) is 1.42. The maximum absolute atomic E-state index is 5.75. The Bertz CT molecular complexity index is 349. The fraction of sp³-hybridized carbons (Fsp3) is 0.455. The predicted octanol–water partition coefficient (Wildman–Crippen LogP) is 3.28. The molecule has 0 unspecified atom stereocenters. The van der Waals surface area contributed by atoms with E-state index >= 15 is 0 Å². The molecule has 0 saturated carbocycles. The van der Waals surface area contributed by atoms with Gasteiger partial charge in [-0.15, -0.1) is 0 Å². The summed E-state index contributed by atoms with van der Waals surface area (Å²) < 4.78 is 6.81. The summed E-state index contributed by atoms with van der Waals surface area (Å²) in [5.74, 6) is 0.935. The lowest BCUT2D eigenvalue weighted by molar-refractivity contribution is 0.200. The molecule has 0 fully saturated rings. The first-order valence-corrected chi connectivity index (χ1v) is 5.52. The molecule has 0 bridgehead atoms. The Morgan fingerprint density at radius 2 is 2.21 bits per heavy atom. The van der Waals surface area contributed by atoms with Crippen molar-refractivity contribution in [3.05, 3.63) is 22.7 Å². The van der Waals surface area contributed by atoms with Crippen molar-refractivity contribution >= 4 is 21.6 Å². The Hall–Kier alpha value is -0.700. The number of hydrogen-bond donors (Lipinski definition) is 1. The summed E-state index contributed by atoms with van der Waals surface area (Å²) >= 11 is 3.44. The molecule has 0 spiro atoms. The number of nitrogens with one attached hydrogen (secondary N) is 1. The van der Waals surface area contributed by atoms with Gasteiger partial charge < -0.3 is 10.1 Å². The number of hydrogen-bond acceptors (Lipinski definition) is 2. The van der Waals surface area contributed by atoms with E-state index in [1.165, 1.54) is 0 Å². The number of ether oxygens (including phenoxy) is 1. The molecule has 0 radical (unpaired) electrons. The SMILES string of the molecule is CC1(C)CNc2ccc(Br)cc2OC1. The molecule has 14 heavy (non-hydrogen) atoms. The van der Waals surface area contributed by atoms with Crippen molar-refractivity contribution in [3.8, 4) is 5.75 Å². The van der Waals surface area contributed by atoms with Gasteiger partial charge in [-0.05, 0) is 18.2 Å². The van der Waals surface area contributed by atoms with E-state index in [0.29, 0.717) is 0 Å². The Labute approximate surface area is 92.8 Å². The van der Waals surface area contributed by atoms with Gasteiger partial charge in [0.05, 0.1) is 12.3 Å². The second-order valence-electron chi connectivity index (χ2n) is 4.45. The highest BCUT2D eigenvalue weighted by Gasteiger charge is 2.23. The van der Waals surface area contributed by atoms with Crippen LogP contribution in [0.1, 0.15) is 13.8 Å². The normalized spacial score (nSPS) is 18.8. The summed E-state index contributed by atoms with van der Waals surface area (Å²) in [6.45, 7) is 6.09. The first-order chi connectivity index (χ1) is 6.57. The van der Waals surface area contributed by atoms with Crippen LogP contribution in [0, 0.1) is 5.41 Å². The van der Waals surface area contributed by atoms with Crippen LogP contribution in [0.2, 0.25) is 0 Å². The van der Waals surface area contributed by atoms with E-state index in [0.717, 1.165) is 29.1 Å². The standard InChI is InChI=1S/C11H14BrNO/c1-11(2)6-13-9-4-3-8(12)5-10(9)14-7-11/h3-5,13H,6-7H2,1-2H3. The van der Waals surface area contributed by atoms with Gasteiger partial charge in [0.2, 0.25) is 0 Å². The monoisotopic (exact) mass is 255 g/mol. The van der Waals surface area contributed by atoms with Crippen LogP contribution in [0.15, 0.2) is 22.7 Å². The highest BCUT2D eigenvalue weighted by atomic mass is 79.9. The molecule has 1 N–H and O–H groups in total. The van der Waals surface area contributed by atoms with Crippen molar-refractivity contribution < 1.29 is 4.74 Å². The van der Waals surface area contributed by atoms with E-state index in [-0.39, 0.29) is 5.41 Å². The number of halogens is 1. The van der Waals surface area contributed by atoms with Gasteiger partial charge in [-0.25, -0.2) is 0 Å². The van der Waals surface area contributed by atoms with Gasteiger partial charge in [0.15, 0.2) is 0 Å². The van der Waals surface area contributed by atoms with Crippen molar-refractivity contribution in [2.75, 3.05) is 18.5 Å². The van der Waals surface area contributed by atoms with E-state index in [4.69, 9.17) is 4.74 Å². The van der Waals surface area contributed by atoms with Crippen LogP contribution in [0.4, 0.5) is 5.69 Å². The molecule has 0 aromatic heterocycles. The van der Waals surface area contributed by atoms with Crippen molar-refractivity contribution in [2.45, 2.75) is 13.8 Å². The van der Waals surface area contributed by atoms with E-state index < -0.39 is 0 Å². The first kappa shape index (κ1) is 9.84. The summed E-state index contributed by atoms with van der Waals surface area (Å²) in [5, 5.41) is 3.40. The molecule has 1 aliphatic heterocycles. The van der Waals surface area contributed by atoms with Gasteiger partial charge in [-0.2, -0.15) is 0 Å². The summed E-state index contributed by atoms with van der Waals surface area (Å²) in [4.78, 5) is 0. The molecule has 0 amide bonds. The molecule has 0 saturated heterocycles. The zero-order chi connectivity index (χ0) is 10.2. The highest BCUT2D eigenvalue weighted by molar-refractivity contribution is 9.10. The zero-order valence-corrected chi connectivity index (χ0v) is 10.0. The molecule has 1 aromatic rings. The van der Waals surface area contributed by atoms with Crippen LogP contribution < -0.4 is 10.1 Å². The van der Waals surface area contributed by atoms with Crippen molar-refractivity contribution in [1.29, 1.82) is 0 Å². The largest absolute Gasteiger partial charge is 0.491 e. The maximum atomic E-state index is 5.75. The van der Waals surface area contributed by atoms with E-state index in [9.17, 15) is 0 Å². The Morgan fingerprint density at radius 1 is 1.43 bits per heavy atom. The average Bonchev–Trinajstić information content (AvgIpc) is 2.26. The molecule has 1 heterocycles. The van der Waals surface area contributed by atoms with Crippen molar-refractivity contribution in [1.82, 2.24) is 0 Å². The summed E-state index contributed by atoms with van der Waals surface area (Å²) in [6, 6.07) is 6.07. The minimum Gasteiger partial charge on any atom is -0.491 e. The Kier molecular flexibility index (Phi) is 2.43. The Morgan fingerprint density at radius 3 is 3.00 bits per heavy atom. The molecule has 1 aliphatic rings. The van der Waals surface area contributed by atoms with Crippen LogP contribution in [0.5, 0.6) is 5.75 Å². The van der Waals surface area contributed by atoms with Crippen LogP contribution in [0.3, 0.4) is 0 Å². The van der Waals surface area contributed by atoms with Gasteiger partial charge in [0.25, 0.3) is 0 Å². The van der Waals surface area contributed by atoms with Gasteiger partial charge in [0.1, 0.15) is 5.75 Å². The topological polar surface area (TPSA) is 21.3 Å². The quantitative estimate of drug-likeness (QED) is 0.769. The van der Waals surface area contributed by atoms with E-state index in [2.05, 4.69) is 35.1 Å². The van der Waals surface area contributed by atoms with Gasteiger partial charge >= 0.3 is 0 Å². The van der Waals surface area contributed by atoms with Gasteiger partial charge in [-0.1, -0.05) is 29.8 Å². The zero-order valence-electron chi connectivity index (χ0n) is 8.43. The number of fused-ring (bicyclic) bond motifs is 1. The summed E-state index contributed by atoms with van der Waals surface area (Å²) in [6.07, 6.45) is 0. The second kappa shape index (κ2) is 3.46. The minimum atomic E-state index is 0.186. The van der Waals surface area contributed by atoms with Gasteiger partial charge in [0, 0.05) is 16.4 Å².